The molecule has 0 bridgehead atoms. The number of ether oxygens (including phenoxy) is 2. The van der Waals surface area contributed by atoms with Crippen molar-refractivity contribution >= 4 is 11.8 Å². The first-order valence-electron chi connectivity index (χ1n) is 9.09. The molecule has 0 saturated carbocycles. The lowest BCUT2D eigenvalue weighted by Gasteiger charge is -2.05. The molecule has 29 heavy (non-hydrogen) atoms. The quantitative estimate of drug-likeness (QED) is 0.368. The lowest BCUT2D eigenvalue weighted by atomic mass is 10.0. The number of rotatable bonds is 7. The zero-order valence-electron chi connectivity index (χ0n) is 16.2. The molecule has 4 aromatic rings. The van der Waals surface area contributed by atoms with Crippen molar-refractivity contribution in [3.8, 4) is 34.1 Å². The second-order valence-electron chi connectivity index (χ2n) is 6.33. The molecule has 0 N–H and O–H groups in total. The molecular weight excluding hydrogens is 384 g/mol. The van der Waals surface area contributed by atoms with E-state index in [0.29, 0.717) is 22.6 Å². The maximum Gasteiger partial charge on any atom is 0.277 e. The van der Waals surface area contributed by atoms with E-state index in [1.807, 2.05) is 30.3 Å². The van der Waals surface area contributed by atoms with Gasteiger partial charge in [-0.2, -0.15) is 0 Å². The summed E-state index contributed by atoms with van der Waals surface area (Å²) in [7, 11) is 3.22. The van der Waals surface area contributed by atoms with Crippen LogP contribution in [0.1, 0.15) is 5.56 Å². The van der Waals surface area contributed by atoms with E-state index in [2.05, 4.69) is 46.6 Å². The molecule has 6 heteroatoms. The van der Waals surface area contributed by atoms with Gasteiger partial charge in [0.05, 0.1) is 14.2 Å². The summed E-state index contributed by atoms with van der Waals surface area (Å²) in [6.45, 7) is 0. The smallest absolute Gasteiger partial charge is 0.277 e. The third-order valence-electron chi connectivity index (χ3n) is 4.43. The highest BCUT2D eigenvalue weighted by Crippen LogP contribution is 2.31. The van der Waals surface area contributed by atoms with Crippen LogP contribution in [-0.4, -0.2) is 24.4 Å². The van der Waals surface area contributed by atoms with Crippen LogP contribution in [0.3, 0.4) is 0 Å². The van der Waals surface area contributed by atoms with E-state index in [9.17, 15) is 0 Å². The largest absolute Gasteiger partial charge is 0.497 e. The van der Waals surface area contributed by atoms with Gasteiger partial charge in [0.25, 0.3) is 5.22 Å². The van der Waals surface area contributed by atoms with Crippen LogP contribution in [-0.2, 0) is 5.75 Å². The van der Waals surface area contributed by atoms with Gasteiger partial charge >= 0.3 is 0 Å². The van der Waals surface area contributed by atoms with Crippen LogP contribution in [0.15, 0.2) is 82.4 Å². The van der Waals surface area contributed by atoms with Crippen LogP contribution >= 0.6 is 11.8 Å². The molecule has 5 nitrogen and oxygen atoms in total. The van der Waals surface area contributed by atoms with Gasteiger partial charge in [0.1, 0.15) is 11.5 Å². The molecule has 0 radical (unpaired) electrons. The third-order valence-corrected chi connectivity index (χ3v) is 5.32. The Balaban J connectivity index is 1.43. The van der Waals surface area contributed by atoms with Gasteiger partial charge in [0, 0.05) is 17.4 Å². The van der Waals surface area contributed by atoms with Crippen molar-refractivity contribution in [1.82, 2.24) is 10.2 Å². The predicted molar refractivity (Wildman–Crippen MR) is 114 cm³/mol. The van der Waals surface area contributed by atoms with Crippen molar-refractivity contribution in [2.24, 2.45) is 0 Å². The molecule has 0 aliphatic heterocycles. The van der Waals surface area contributed by atoms with Crippen LogP contribution in [0.25, 0.3) is 22.6 Å². The first-order chi connectivity index (χ1) is 14.2. The fourth-order valence-corrected chi connectivity index (χ4v) is 3.60. The summed E-state index contributed by atoms with van der Waals surface area (Å²) < 4.78 is 16.4. The summed E-state index contributed by atoms with van der Waals surface area (Å²) >= 11 is 1.51. The van der Waals surface area contributed by atoms with Crippen LogP contribution < -0.4 is 9.47 Å². The highest BCUT2D eigenvalue weighted by Gasteiger charge is 2.12. The summed E-state index contributed by atoms with van der Waals surface area (Å²) in [5.74, 6) is 2.53. The molecule has 0 atom stereocenters. The van der Waals surface area contributed by atoms with E-state index in [4.69, 9.17) is 13.9 Å². The molecule has 1 aromatic heterocycles. The molecule has 0 spiro atoms. The molecule has 0 aliphatic rings. The molecule has 3 aromatic carbocycles. The Kier molecular flexibility index (Phi) is 5.81. The van der Waals surface area contributed by atoms with E-state index in [0.717, 1.165) is 11.3 Å². The highest BCUT2D eigenvalue weighted by molar-refractivity contribution is 7.98. The Morgan fingerprint density at radius 3 is 2.07 bits per heavy atom. The van der Waals surface area contributed by atoms with Gasteiger partial charge in [-0.15, -0.1) is 10.2 Å². The Morgan fingerprint density at radius 2 is 1.41 bits per heavy atom. The maximum absolute atomic E-state index is 5.81. The minimum Gasteiger partial charge on any atom is -0.497 e. The summed E-state index contributed by atoms with van der Waals surface area (Å²) in [5.41, 5.74) is 4.36. The van der Waals surface area contributed by atoms with Gasteiger partial charge in [0.15, 0.2) is 0 Å². The van der Waals surface area contributed by atoms with E-state index in [-0.39, 0.29) is 0 Å². The number of thioether (sulfide) groups is 1. The summed E-state index contributed by atoms with van der Waals surface area (Å²) in [5, 5.41) is 8.83. The monoisotopic (exact) mass is 404 g/mol. The SMILES string of the molecule is COc1cc(OC)cc(-c2nnc(SCc3ccc(-c4ccccc4)cc3)o2)c1. The molecule has 0 amide bonds. The van der Waals surface area contributed by atoms with E-state index < -0.39 is 0 Å². The van der Waals surface area contributed by atoms with Crippen molar-refractivity contribution in [3.05, 3.63) is 78.4 Å². The molecule has 0 aliphatic carbocycles. The van der Waals surface area contributed by atoms with Gasteiger partial charge in [0.2, 0.25) is 5.89 Å². The van der Waals surface area contributed by atoms with E-state index in [1.54, 1.807) is 20.3 Å². The van der Waals surface area contributed by atoms with Crippen molar-refractivity contribution < 1.29 is 13.9 Å². The van der Waals surface area contributed by atoms with Gasteiger partial charge < -0.3 is 13.9 Å². The van der Waals surface area contributed by atoms with Crippen LogP contribution in [0.2, 0.25) is 0 Å². The zero-order chi connectivity index (χ0) is 20.1. The third kappa shape index (κ3) is 4.60. The topological polar surface area (TPSA) is 57.4 Å². The summed E-state index contributed by atoms with van der Waals surface area (Å²) in [6.07, 6.45) is 0. The fourth-order valence-electron chi connectivity index (χ4n) is 2.88. The Hall–Kier alpha value is -3.25. The molecular formula is C23H20N2O3S. The van der Waals surface area contributed by atoms with Crippen LogP contribution in [0.4, 0.5) is 0 Å². The second kappa shape index (κ2) is 8.84. The Bertz CT molecular complexity index is 1060. The average Bonchev–Trinajstić information content (AvgIpc) is 3.27. The number of benzene rings is 3. The molecule has 0 unspecified atom stereocenters. The molecule has 4 rings (SSSR count). The van der Waals surface area contributed by atoms with Crippen molar-refractivity contribution in [2.45, 2.75) is 11.0 Å². The van der Waals surface area contributed by atoms with Crippen LogP contribution in [0, 0.1) is 0 Å². The van der Waals surface area contributed by atoms with Gasteiger partial charge in [-0.3, -0.25) is 0 Å². The van der Waals surface area contributed by atoms with Gasteiger partial charge in [-0.1, -0.05) is 66.4 Å². The number of aromatic nitrogens is 2. The minimum absolute atomic E-state index is 0.434. The number of methoxy groups -OCH3 is 2. The number of nitrogens with zero attached hydrogens (tertiary/aromatic N) is 2. The van der Waals surface area contributed by atoms with E-state index in [1.165, 1.54) is 28.5 Å². The normalized spacial score (nSPS) is 10.7. The molecule has 146 valence electrons. The Labute approximate surface area is 173 Å². The summed E-state index contributed by atoms with van der Waals surface area (Å²) in [6, 6.07) is 24.3. The van der Waals surface area contributed by atoms with Crippen LogP contribution in [0.5, 0.6) is 11.5 Å². The average molecular weight is 404 g/mol. The van der Waals surface area contributed by atoms with Gasteiger partial charge in [-0.25, -0.2) is 0 Å². The van der Waals surface area contributed by atoms with Crippen molar-refractivity contribution in [2.75, 3.05) is 14.2 Å². The lowest BCUT2D eigenvalue weighted by Crippen LogP contribution is -1.88. The molecule has 1 heterocycles. The van der Waals surface area contributed by atoms with Crippen molar-refractivity contribution in [3.63, 3.8) is 0 Å². The fraction of sp³-hybridized carbons (Fsp3) is 0.130. The summed E-state index contributed by atoms with van der Waals surface area (Å²) in [4.78, 5) is 0. The highest BCUT2D eigenvalue weighted by atomic mass is 32.2. The molecule has 0 fully saturated rings. The predicted octanol–water partition coefficient (Wildman–Crippen LogP) is 5.71. The van der Waals surface area contributed by atoms with E-state index >= 15 is 0 Å². The first-order valence-corrected chi connectivity index (χ1v) is 10.1. The maximum atomic E-state index is 5.81. The van der Waals surface area contributed by atoms with Gasteiger partial charge in [-0.05, 0) is 28.8 Å². The first kappa shape index (κ1) is 19.1. The number of hydrogen-bond acceptors (Lipinski definition) is 6. The Morgan fingerprint density at radius 1 is 0.759 bits per heavy atom. The standard InChI is InChI=1S/C23H20N2O3S/c1-26-20-12-19(13-21(14-20)27-2)22-24-25-23(28-22)29-15-16-8-10-18(11-9-16)17-6-4-3-5-7-17/h3-14H,15H2,1-2H3. The van der Waals surface area contributed by atoms with Crippen molar-refractivity contribution in [1.29, 1.82) is 0 Å². The number of hydrogen-bond donors (Lipinski definition) is 0. The zero-order valence-corrected chi connectivity index (χ0v) is 17.0. The molecule has 0 saturated heterocycles. The minimum atomic E-state index is 0.434. The second-order valence-corrected chi connectivity index (χ2v) is 7.25. The lowest BCUT2D eigenvalue weighted by molar-refractivity contribution is 0.394.